The lowest BCUT2D eigenvalue weighted by Gasteiger charge is -2.11. The molecule has 110 valence electrons. The van der Waals surface area contributed by atoms with Gasteiger partial charge in [0.15, 0.2) is 0 Å². The van der Waals surface area contributed by atoms with E-state index in [1.807, 2.05) is 0 Å². The number of aliphatic hydroxyl groups excluding tert-OH is 1. The summed E-state index contributed by atoms with van der Waals surface area (Å²) < 4.78 is 19.1. The van der Waals surface area contributed by atoms with E-state index in [2.05, 4.69) is 15.9 Å². The van der Waals surface area contributed by atoms with Gasteiger partial charge in [0.1, 0.15) is 18.2 Å². The first-order chi connectivity index (χ1) is 10.0. The van der Waals surface area contributed by atoms with Gasteiger partial charge in [0.25, 0.3) is 5.69 Å². The smallest absolute Gasteiger partial charge is 0.270 e. The fourth-order valence-corrected chi connectivity index (χ4v) is 2.22. The summed E-state index contributed by atoms with van der Waals surface area (Å²) in [6.45, 7) is -0.203. The Balaban J connectivity index is 2.15. The van der Waals surface area contributed by atoms with Gasteiger partial charge in [0.2, 0.25) is 0 Å². The second kappa shape index (κ2) is 6.64. The molecule has 2 rings (SSSR count). The molecule has 0 heterocycles. The van der Waals surface area contributed by atoms with Gasteiger partial charge in [-0.25, -0.2) is 4.39 Å². The Morgan fingerprint density at radius 1 is 1.24 bits per heavy atom. The zero-order valence-corrected chi connectivity index (χ0v) is 12.3. The second-order valence-corrected chi connectivity index (χ2v) is 5.09. The molecule has 0 bridgehead atoms. The summed E-state index contributed by atoms with van der Waals surface area (Å²) in [6.07, 6.45) is 0. The van der Waals surface area contributed by atoms with Gasteiger partial charge in [0.05, 0.1) is 11.5 Å². The van der Waals surface area contributed by atoms with Crippen molar-refractivity contribution in [2.75, 3.05) is 0 Å². The molecule has 1 N–H and O–H groups in total. The van der Waals surface area contributed by atoms with E-state index in [4.69, 9.17) is 9.84 Å². The zero-order valence-electron chi connectivity index (χ0n) is 10.8. The second-order valence-electron chi connectivity index (χ2n) is 4.23. The van der Waals surface area contributed by atoms with Gasteiger partial charge < -0.3 is 9.84 Å². The highest BCUT2D eigenvalue weighted by Crippen LogP contribution is 2.26. The Labute approximate surface area is 128 Å². The van der Waals surface area contributed by atoms with Crippen LogP contribution in [0.5, 0.6) is 5.75 Å². The van der Waals surface area contributed by atoms with Crippen molar-refractivity contribution in [2.45, 2.75) is 13.2 Å². The molecule has 0 aliphatic rings. The van der Waals surface area contributed by atoms with Gasteiger partial charge in [-0.15, -0.1) is 0 Å². The minimum absolute atomic E-state index is 0.0246. The molecule has 2 aromatic carbocycles. The molecular weight excluding hydrogens is 345 g/mol. The van der Waals surface area contributed by atoms with Crippen LogP contribution >= 0.6 is 15.9 Å². The maximum absolute atomic E-state index is 13.0. The summed E-state index contributed by atoms with van der Waals surface area (Å²) in [7, 11) is 0. The Kier molecular flexibility index (Phi) is 4.87. The summed E-state index contributed by atoms with van der Waals surface area (Å²) in [5, 5.41) is 19.8. The molecule has 0 spiro atoms. The first-order valence-electron chi connectivity index (χ1n) is 5.96. The number of nitro benzene ring substituents is 1. The molecule has 0 amide bonds. The molecule has 0 saturated heterocycles. The van der Waals surface area contributed by atoms with Crippen molar-refractivity contribution in [1.82, 2.24) is 0 Å². The van der Waals surface area contributed by atoms with E-state index < -0.39 is 10.7 Å². The molecule has 0 aliphatic carbocycles. The predicted octanol–water partition coefficient (Wildman–Crippen LogP) is 3.57. The van der Waals surface area contributed by atoms with Crippen LogP contribution in [0.25, 0.3) is 0 Å². The minimum Gasteiger partial charge on any atom is -0.488 e. The topological polar surface area (TPSA) is 72.6 Å². The Hall–Kier alpha value is -1.99. The fraction of sp³-hybridized carbons (Fsp3) is 0.143. The highest BCUT2D eigenvalue weighted by Gasteiger charge is 2.10. The van der Waals surface area contributed by atoms with Gasteiger partial charge in [0, 0.05) is 27.7 Å². The van der Waals surface area contributed by atoms with E-state index in [1.165, 1.54) is 30.3 Å². The van der Waals surface area contributed by atoms with Crippen molar-refractivity contribution in [3.8, 4) is 5.75 Å². The summed E-state index contributed by atoms with van der Waals surface area (Å²) in [5.74, 6) is -0.0907. The molecule has 0 aliphatic heterocycles. The number of non-ortho nitro benzene ring substituents is 1. The molecule has 0 saturated carbocycles. The Bertz CT molecular complexity index is 678. The normalized spacial score (nSPS) is 10.4. The third-order valence-corrected chi connectivity index (χ3v) is 3.56. The predicted molar refractivity (Wildman–Crippen MR) is 77.5 cm³/mol. The maximum Gasteiger partial charge on any atom is 0.270 e. The molecule has 0 aromatic heterocycles. The van der Waals surface area contributed by atoms with Crippen LogP contribution in [0.15, 0.2) is 40.9 Å². The van der Waals surface area contributed by atoms with Crippen LogP contribution in [0.1, 0.15) is 11.1 Å². The van der Waals surface area contributed by atoms with Gasteiger partial charge in [-0.3, -0.25) is 10.1 Å². The SMILES string of the molecule is O=[N+]([O-])c1ccc(COc2ccc(F)cc2CO)c(Br)c1. The van der Waals surface area contributed by atoms with E-state index in [9.17, 15) is 14.5 Å². The minimum atomic E-state index is -0.487. The Morgan fingerprint density at radius 3 is 2.62 bits per heavy atom. The van der Waals surface area contributed by atoms with E-state index >= 15 is 0 Å². The van der Waals surface area contributed by atoms with Crippen LogP contribution in [0.2, 0.25) is 0 Å². The molecule has 0 radical (unpaired) electrons. The van der Waals surface area contributed by atoms with Gasteiger partial charge >= 0.3 is 0 Å². The van der Waals surface area contributed by atoms with Crippen LogP contribution in [0.3, 0.4) is 0 Å². The van der Waals surface area contributed by atoms with Crippen molar-refractivity contribution >= 4 is 21.6 Å². The van der Waals surface area contributed by atoms with Gasteiger partial charge in [-0.1, -0.05) is 15.9 Å². The van der Waals surface area contributed by atoms with Crippen molar-refractivity contribution in [2.24, 2.45) is 0 Å². The summed E-state index contributed by atoms with van der Waals surface area (Å²) >= 11 is 3.24. The van der Waals surface area contributed by atoms with Crippen molar-refractivity contribution in [1.29, 1.82) is 0 Å². The standard InChI is InChI=1S/C14H11BrFNO4/c15-13-6-12(17(19)20)3-1-9(13)8-21-14-4-2-11(16)5-10(14)7-18/h1-6,18H,7-8H2. The molecule has 0 fully saturated rings. The van der Waals surface area contributed by atoms with Gasteiger partial charge in [-0.2, -0.15) is 0 Å². The number of hydrogen-bond acceptors (Lipinski definition) is 4. The van der Waals surface area contributed by atoms with Crippen LogP contribution in [0.4, 0.5) is 10.1 Å². The van der Waals surface area contributed by atoms with Crippen LogP contribution < -0.4 is 4.74 Å². The first-order valence-corrected chi connectivity index (χ1v) is 6.75. The van der Waals surface area contributed by atoms with Crippen molar-refractivity contribution in [3.63, 3.8) is 0 Å². The maximum atomic E-state index is 13.0. The van der Waals surface area contributed by atoms with Crippen LogP contribution in [-0.2, 0) is 13.2 Å². The lowest BCUT2D eigenvalue weighted by atomic mass is 10.2. The van der Waals surface area contributed by atoms with E-state index in [-0.39, 0.29) is 18.9 Å². The zero-order chi connectivity index (χ0) is 15.4. The number of nitro groups is 1. The number of halogens is 2. The molecular formula is C14H11BrFNO4. The average Bonchev–Trinajstić information content (AvgIpc) is 2.46. The number of rotatable bonds is 5. The highest BCUT2D eigenvalue weighted by atomic mass is 79.9. The van der Waals surface area contributed by atoms with Crippen molar-refractivity contribution < 1.29 is 19.2 Å². The third-order valence-electron chi connectivity index (χ3n) is 2.82. The lowest BCUT2D eigenvalue weighted by molar-refractivity contribution is -0.384. The van der Waals surface area contributed by atoms with E-state index in [0.29, 0.717) is 21.3 Å². The Morgan fingerprint density at radius 2 is 2.00 bits per heavy atom. The lowest BCUT2D eigenvalue weighted by Crippen LogP contribution is -2.00. The molecule has 7 heteroatoms. The van der Waals surface area contributed by atoms with Crippen LogP contribution in [0, 0.1) is 15.9 Å². The summed E-state index contributed by atoms with van der Waals surface area (Å²) in [5.41, 5.74) is 1.02. The molecule has 5 nitrogen and oxygen atoms in total. The van der Waals surface area contributed by atoms with Gasteiger partial charge in [-0.05, 0) is 24.3 Å². The number of benzene rings is 2. The molecule has 2 aromatic rings. The quantitative estimate of drug-likeness (QED) is 0.657. The number of hydrogen-bond donors (Lipinski definition) is 1. The highest BCUT2D eigenvalue weighted by molar-refractivity contribution is 9.10. The average molecular weight is 356 g/mol. The largest absolute Gasteiger partial charge is 0.488 e. The third kappa shape index (κ3) is 3.77. The molecule has 0 atom stereocenters. The first kappa shape index (κ1) is 15.4. The summed E-state index contributed by atoms with van der Waals surface area (Å²) in [6, 6.07) is 8.20. The molecule has 0 unspecified atom stereocenters. The fourth-order valence-electron chi connectivity index (χ4n) is 1.73. The number of aliphatic hydroxyl groups is 1. The van der Waals surface area contributed by atoms with E-state index in [1.54, 1.807) is 6.07 Å². The van der Waals surface area contributed by atoms with Crippen LogP contribution in [-0.4, -0.2) is 10.0 Å². The summed E-state index contributed by atoms with van der Waals surface area (Å²) in [4.78, 5) is 10.2. The number of ether oxygens (including phenoxy) is 1. The monoisotopic (exact) mass is 355 g/mol. The number of nitrogens with zero attached hydrogens (tertiary/aromatic N) is 1. The van der Waals surface area contributed by atoms with E-state index in [0.717, 1.165) is 0 Å². The van der Waals surface area contributed by atoms with Crippen molar-refractivity contribution in [3.05, 3.63) is 67.9 Å². The molecule has 21 heavy (non-hydrogen) atoms.